The van der Waals surface area contributed by atoms with Gasteiger partial charge in [0.05, 0.1) is 28.4 Å². The quantitative estimate of drug-likeness (QED) is 0.234. The molecule has 3 heterocycles. The number of aromatic nitrogens is 3. The third-order valence-electron chi connectivity index (χ3n) is 8.54. The number of aliphatic hydroxyl groups excluding tert-OH is 1. The Morgan fingerprint density at radius 2 is 1.49 bits per heavy atom. The van der Waals surface area contributed by atoms with E-state index in [1.54, 1.807) is 4.90 Å². The van der Waals surface area contributed by atoms with Gasteiger partial charge in [-0.2, -0.15) is 31.4 Å². The number of anilines is 1. The highest BCUT2D eigenvalue weighted by atomic mass is 35.5. The van der Waals surface area contributed by atoms with Crippen molar-refractivity contribution >= 4 is 23.2 Å². The fraction of sp³-hybridized carbons (Fsp3) is 0.344. The molecule has 0 bridgehead atoms. The maximum Gasteiger partial charge on any atom is 0.417 e. The van der Waals surface area contributed by atoms with Gasteiger partial charge in [0.1, 0.15) is 23.9 Å². The number of carbonyl (C=O) groups is 1. The minimum Gasteiger partial charge on any atom is -0.384 e. The van der Waals surface area contributed by atoms with Gasteiger partial charge in [0.2, 0.25) is 0 Å². The zero-order chi connectivity index (χ0) is 32.1. The van der Waals surface area contributed by atoms with Crippen molar-refractivity contribution in [3.8, 4) is 0 Å². The van der Waals surface area contributed by atoms with Crippen molar-refractivity contribution in [3.05, 3.63) is 112 Å². The van der Waals surface area contributed by atoms with Crippen LogP contribution in [0.2, 0.25) is 5.02 Å². The molecule has 13 heteroatoms. The lowest BCUT2D eigenvalue weighted by Crippen LogP contribution is -2.43. The maximum atomic E-state index is 14.6. The average Bonchev–Trinajstić information content (AvgIpc) is 3.35. The van der Waals surface area contributed by atoms with E-state index in [1.165, 1.54) is 4.68 Å². The highest BCUT2D eigenvalue weighted by Gasteiger charge is 2.54. The Labute approximate surface area is 259 Å². The topological polar surface area (TPSA) is 71.2 Å². The van der Waals surface area contributed by atoms with Crippen LogP contribution in [-0.4, -0.2) is 51.0 Å². The number of carbonyl (C=O) groups excluding carboxylic acids is 1. The van der Waals surface area contributed by atoms with Gasteiger partial charge in [-0.1, -0.05) is 72.3 Å². The van der Waals surface area contributed by atoms with Crippen molar-refractivity contribution in [1.82, 2.24) is 14.8 Å². The van der Waals surface area contributed by atoms with Crippen LogP contribution in [-0.2, 0) is 17.4 Å². The molecule has 1 aliphatic carbocycles. The van der Waals surface area contributed by atoms with Crippen molar-refractivity contribution in [2.75, 3.05) is 18.0 Å². The van der Waals surface area contributed by atoms with Gasteiger partial charge in [0.15, 0.2) is 5.78 Å². The van der Waals surface area contributed by atoms with Crippen LogP contribution < -0.4 is 4.90 Å². The van der Waals surface area contributed by atoms with Gasteiger partial charge in [0, 0.05) is 30.8 Å². The standard InChI is InChI=1S/C32H27ClF6N4O2/c33-22-15-21(31(34,35)36)17-40-30(22)42-13-11-18(12-14-42)27-25-23(16-24(44)29(45)26(25)32(37,38)39)43(41-27)28(19-7-3-1-4-8-19)20-9-5-2-6-10-20/h1-10,15,17-18,26,28-29,45H,11-14,16H2/t26-,29+/m0/s1. The van der Waals surface area contributed by atoms with Crippen LogP contribution in [0.4, 0.5) is 32.2 Å². The number of Topliss-reactive ketones (excluding diaryl/α,β-unsaturated/α-hetero) is 1. The van der Waals surface area contributed by atoms with E-state index < -0.39 is 54.1 Å². The lowest BCUT2D eigenvalue weighted by Gasteiger charge is -2.35. The molecule has 0 amide bonds. The maximum absolute atomic E-state index is 14.6. The Kier molecular flexibility index (Phi) is 8.15. The molecule has 0 saturated carbocycles. The van der Waals surface area contributed by atoms with E-state index in [0.717, 1.165) is 17.2 Å². The fourth-order valence-corrected chi connectivity index (χ4v) is 6.70. The Morgan fingerprint density at radius 1 is 0.911 bits per heavy atom. The molecule has 236 valence electrons. The molecule has 2 atom stereocenters. The number of ketones is 1. The minimum absolute atomic E-state index is 0.107. The minimum atomic E-state index is -4.93. The van der Waals surface area contributed by atoms with E-state index in [-0.39, 0.29) is 40.9 Å². The van der Waals surface area contributed by atoms with E-state index >= 15 is 0 Å². The number of rotatable bonds is 5. The first kappa shape index (κ1) is 31.1. The highest BCUT2D eigenvalue weighted by Crippen LogP contribution is 2.48. The third kappa shape index (κ3) is 5.93. The second kappa shape index (κ2) is 11.8. The van der Waals surface area contributed by atoms with Crippen molar-refractivity contribution in [1.29, 1.82) is 0 Å². The highest BCUT2D eigenvalue weighted by molar-refractivity contribution is 6.33. The SMILES string of the molecule is O=C1Cc2c(c(C3CCN(c4ncc(C(F)(F)F)cc4Cl)CC3)nn2C(c2ccccc2)c2ccccc2)[C@H](C(F)(F)F)[C@@H]1O. The van der Waals surface area contributed by atoms with Gasteiger partial charge in [-0.25, -0.2) is 4.98 Å². The Bertz CT molecular complexity index is 1650. The van der Waals surface area contributed by atoms with Crippen LogP contribution in [0.3, 0.4) is 0 Å². The number of alkyl halides is 6. The summed E-state index contributed by atoms with van der Waals surface area (Å²) in [6, 6.07) is 18.4. The molecule has 6 rings (SSSR count). The number of aliphatic hydroxyl groups is 1. The smallest absolute Gasteiger partial charge is 0.384 e. The largest absolute Gasteiger partial charge is 0.417 e. The summed E-state index contributed by atoms with van der Waals surface area (Å²) in [7, 11) is 0. The molecule has 2 aromatic heterocycles. The molecular weight excluding hydrogens is 622 g/mol. The summed E-state index contributed by atoms with van der Waals surface area (Å²) in [5, 5.41) is 15.2. The van der Waals surface area contributed by atoms with Crippen LogP contribution in [0.25, 0.3) is 0 Å². The van der Waals surface area contributed by atoms with Crippen LogP contribution in [0.1, 0.15) is 64.4 Å². The zero-order valence-electron chi connectivity index (χ0n) is 23.6. The third-order valence-corrected chi connectivity index (χ3v) is 8.81. The average molecular weight is 649 g/mol. The van der Waals surface area contributed by atoms with E-state index in [2.05, 4.69) is 4.98 Å². The first-order chi connectivity index (χ1) is 21.3. The Morgan fingerprint density at radius 3 is 2.00 bits per heavy atom. The molecule has 0 radical (unpaired) electrons. The van der Waals surface area contributed by atoms with Crippen LogP contribution in [0.5, 0.6) is 0 Å². The number of piperidine rings is 1. The first-order valence-electron chi connectivity index (χ1n) is 14.3. The number of fused-ring (bicyclic) bond motifs is 1. The van der Waals surface area contributed by atoms with E-state index in [4.69, 9.17) is 16.7 Å². The van der Waals surface area contributed by atoms with E-state index in [0.29, 0.717) is 19.0 Å². The summed E-state index contributed by atoms with van der Waals surface area (Å²) in [4.78, 5) is 18.5. The predicted molar refractivity (Wildman–Crippen MR) is 154 cm³/mol. The Hall–Kier alpha value is -3.90. The number of pyridine rings is 1. The van der Waals surface area contributed by atoms with E-state index in [9.17, 15) is 36.2 Å². The summed E-state index contributed by atoms with van der Waals surface area (Å²) < 4.78 is 84.8. The second-order valence-corrected chi connectivity index (χ2v) is 11.7. The molecule has 2 aromatic carbocycles. The van der Waals surface area contributed by atoms with Crippen LogP contribution >= 0.6 is 11.6 Å². The van der Waals surface area contributed by atoms with Gasteiger partial charge >= 0.3 is 12.4 Å². The predicted octanol–water partition coefficient (Wildman–Crippen LogP) is 7.10. The molecule has 1 saturated heterocycles. The summed E-state index contributed by atoms with van der Waals surface area (Å²) in [6.45, 7) is 0.479. The number of hydrogen-bond acceptors (Lipinski definition) is 5. The monoisotopic (exact) mass is 648 g/mol. The zero-order valence-corrected chi connectivity index (χ0v) is 24.3. The molecule has 4 aromatic rings. The lowest BCUT2D eigenvalue weighted by molar-refractivity contribution is -0.179. The molecule has 45 heavy (non-hydrogen) atoms. The number of hydrogen-bond donors (Lipinski definition) is 1. The summed E-state index contributed by atoms with van der Waals surface area (Å²) in [5.41, 5.74) is 0.592. The first-order valence-corrected chi connectivity index (χ1v) is 14.7. The van der Waals surface area contributed by atoms with Crippen LogP contribution in [0, 0.1) is 0 Å². The molecule has 1 fully saturated rings. The normalized spacial score (nSPS) is 19.7. The summed E-state index contributed by atoms with van der Waals surface area (Å²) >= 11 is 6.17. The van der Waals surface area contributed by atoms with Gasteiger partial charge in [-0.15, -0.1) is 0 Å². The van der Waals surface area contributed by atoms with Gasteiger partial charge in [-0.05, 0) is 30.0 Å². The molecular formula is C32H27ClF6N4O2. The van der Waals surface area contributed by atoms with Crippen molar-refractivity contribution in [3.63, 3.8) is 0 Å². The van der Waals surface area contributed by atoms with Gasteiger partial charge in [0.25, 0.3) is 0 Å². The molecule has 1 N–H and O–H groups in total. The Balaban J connectivity index is 1.42. The number of nitrogens with zero attached hydrogens (tertiary/aromatic N) is 4. The molecule has 0 spiro atoms. The fourth-order valence-electron chi connectivity index (χ4n) is 6.42. The lowest BCUT2D eigenvalue weighted by atomic mass is 9.78. The molecule has 0 unspecified atom stereocenters. The van der Waals surface area contributed by atoms with Gasteiger partial charge < -0.3 is 10.0 Å². The summed E-state index contributed by atoms with van der Waals surface area (Å²) in [5.74, 6) is -3.73. The van der Waals surface area contributed by atoms with E-state index in [1.807, 2.05) is 60.7 Å². The van der Waals surface area contributed by atoms with Crippen LogP contribution in [0.15, 0.2) is 72.9 Å². The number of halogens is 7. The molecule has 1 aliphatic heterocycles. The van der Waals surface area contributed by atoms with Gasteiger partial charge in [-0.3, -0.25) is 9.48 Å². The molecule has 6 nitrogen and oxygen atoms in total. The van der Waals surface area contributed by atoms with Crippen molar-refractivity contribution in [2.45, 2.75) is 55.6 Å². The van der Waals surface area contributed by atoms with Crippen molar-refractivity contribution < 1.29 is 36.2 Å². The van der Waals surface area contributed by atoms with Crippen molar-refractivity contribution in [2.24, 2.45) is 0 Å². The number of benzene rings is 2. The molecule has 2 aliphatic rings. The summed E-state index contributed by atoms with van der Waals surface area (Å²) in [6.07, 6.45) is -11.0. The second-order valence-electron chi connectivity index (χ2n) is 11.3.